The zero-order valence-corrected chi connectivity index (χ0v) is 13.1. The van der Waals surface area contributed by atoms with Gasteiger partial charge < -0.3 is 10.6 Å². The van der Waals surface area contributed by atoms with Crippen LogP contribution in [-0.4, -0.2) is 16.1 Å². The Morgan fingerprint density at radius 3 is 2.39 bits per heavy atom. The molecule has 3 aromatic rings. The molecule has 0 aliphatic rings. The number of rotatable bonds is 4. The topological polar surface area (TPSA) is 66.9 Å². The number of hydrogen-bond donors (Lipinski definition) is 2. The van der Waals surface area contributed by atoms with Gasteiger partial charge in [-0.15, -0.1) is 5.10 Å². The number of nitrogens with zero attached hydrogens (tertiary/aromatic N) is 2. The molecule has 0 bridgehead atoms. The summed E-state index contributed by atoms with van der Waals surface area (Å²) in [5, 5.41) is 16.7. The molecule has 0 aliphatic carbocycles. The monoisotopic (exact) mass is 306 g/mol. The van der Waals surface area contributed by atoms with Crippen molar-refractivity contribution in [3.63, 3.8) is 0 Å². The highest BCUT2D eigenvalue weighted by Gasteiger charge is 2.06. The van der Waals surface area contributed by atoms with Crippen molar-refractivity contribution in [1.82, 2.24) is 10.2 Å². The Balaban J connectivity index is 1.76. The summed E-state index contributed by atoms with van der Waals surface area (Å²) in [6.07, 6.45) is 0. The molecule has 0 fully saturated rings. The summed E-state index contributed by atoms with van der Waals surface area (Å²) in [7, 11) is 0. The van der Waals surface area contributed by atoms with Gasteiger partial charge in [0.2, 0.25) is 5.91 Å². The summed E-state index contributed by atoms with van der Waals surface area (Å²) in [5.74, 6) is 0.703. The molecule has 0 atom stereocenters. The average Bonchev–Trinajstić information content (AvgIpc) is 2.55. The lowest BCUT2D eigenvalue weighted by atomic mass is 10.1. The Hall–Kier alpha value is -2.95. The number of aromatic nitrogens is 2. The molecule has 2 N–H and O–H groups in total. The van der Waals surface area contributed by atoms with Gasteiger partial charge in [0.25, 0.3) is 0 Å². The Morgan fingerprint density at radius 1 is 1.00 bits per heavy atom. The number of aryl methyl sites for hydroxylation is 1. The van der Waals surface area contributed by atoms with Crippen LogP contribution in [-0.2, 0) is 11.3 Å². The first-order valence-electron chi connectivity index (χ1n) is 7.46. The van der Waals surface area contributed by atoms with E-state index in [-0.39, 0.29) is 5.91 Å². The predicted molar refractivity (Wildman–Crippen MR) is 92.3 cm³/mol. The van der Waals surface area contributed by atoms with Gasteiger partial charge in [-0.2, -0.15) is 5.10 Å². The summed E-state index contributed by atoms with van der Waals surface area (Å²) < 4.78 is 0. The number of fused-ring (bicyclic) bond motifs is 1. The number of benzene rings is 2. The molecule has 1 aromatic heterocycles. The Bertz CT molecular complexity index is 843. The first-order valence-corrected chi connectivity index (χ1v) is 7.46. The Morgan fingerprint density at radius 2 is 1.70 bits per heavy atom. The van der Waals surface area contributed by atoms with Crippen LogP contribution < -0.4 is 10.6 Å². The fraction of sp³-hybridized carbons (Fsp3) is 0.167. The van der Waals surface area contributed by atoms with E-state index in [9.17, 15) is 4.79 Å². The minimum Gasteiger partial charge on any atom is -0.364 e. The van der Waals surface area contributed by atoms with E-state index in [0.29, 0.717) is 6.54 Å². The van der Waals surface area contributed by atoms with E-state index in [0.717, 1.165) is 33.5 Å². The predicted octanol–water partition coefficient (Wildman–Crippen LogP) is 3.51. The zero-order valence-electron chi connectivity index (χ0n) is 13.1. The van der Waals surface area contributed by atoms with Crippen molar-refractivity contribution >= 4 is 28.2 Å². The first-order chi connectivity index (χ1) is 11.1. The van der Waals surface area contributed by atoms with Gasteiger partial charge in [0.1, 0.15) is 0 Å². The minimum atomic E-state index is -0.0720. The second-order valence-electron chi connectivity index (χ2n) is 5.41. The van der Waals surface area contributed by atoms with Crippen molar-refractivity contribution in [3.8, 4) is 0 Å². The molecule has 0 spiro atoms. The number of carbonyl (C=O) groups is 1. The van der Waals surface area contributed by atoms with Gasteiger partial charge in [-0.05, 0) is 24.6 Å². The molecule has 0 saturated carbocycles. The Kier molecular flexibility index (Phi) is 4.19. The third-order valence-electron chi connectivity index (χ3n) is 3.61. The number of carbonyl (C=O) groups excluding carboxylic acids is 1. The number of hydrogen-bond acceptors (Lipinski definition) is 4. The summed E-state index contributed by atoms with van der Waals surface area (Å²) in [5.41, 5.74) is 2.82. The second kappa shape index (κ2) is 6.44. The van der Waals surface area contributed by atoms with Crippen LogP contribution in [0.4, 0.5) is 11.5 Å². The van der Waals surface area contributed by atoms with Crippen LogP contribution in [0.2, 0.25) is 0 Å². The van der Waals surface area contributed by atoms with Crippen molar-refractivity contribution in [1.29, 1.82) is 0 Å². The van der Waals surface area contributed by atoms with Crippen LogP contribution in [0.5, 0.6) is 0 Å². The fourth-order valence-electron chi connectivity index (χ4n) is 2.46. The van der Waals surface area contributed by atoms with Crippen LogP contribution in [0.15, 0.2) is 48.5 Å². The molecule has 0 radical (unpaired) electrons. The second-order valence-corrected chi connectivity index (χ2v) is 5.41. The smallest absolute Gasteiger partial charge is 0.221 e. The third kappa shape index (κ3) is 3.45. The molecule has 1 amide bonds. The standard InChI is InChI=1S/C18H18N4O/c1-12-16-5-3-4-6-17(16)18(22-21-12)19-11-14-7-9-15(10-8-14)20-13(2)23/h3-10H,11H2,1-2H3,(H,19,22)(H,20,23). The highest BCUT2D eigenvalue weighted by molar-refractivity contribution is 5.92. The SMILES string of the molecule is CC(=O)Nc1ccc(CNc2nnc(C)c3ccccc23)cc1. The van der Waals surface area contributed by atoms with E-state index >= 15 is 0 Å². The molecule has 116 valence electrons. The van der Waals surface area contributed by atoms with Gasteiger partial charge in [0, 0.05) is 29.9 Å². The van der Waals surface area contributed by atoms with Gasteiger partial charge in [0.05, 0.1) is 5.69 Å². The molecule has 0 aliphatic heterocycles. The maximum absolute atomic E-state index is 11.0. The molecule has 0 saturated heterocycles. The quantitative estimate of drug-likeness (QED) is 0.774. The lowest BCUT2D eigenvalue weighted by Gasteiger charge is -2.10. The molecule has 5 heteroatoms. The van der Waals surface area contributed by atoms with Gasteiger partial charge >= 0.3 is 0 Å². The number of amides is 1. The molecule has 23 heavy (non-hydrogen) atoms. The first kappa shape index (κ1) is 15.0. The highest BCUT2D eigenvalue weighted by Crippen LogP contribution is 2.22. The maximum Gasteiger partial charge on any atom is 0.221 e. The molecule has 5 nitrogen and oxygen atoms in total. The van der Waals surface area contributed by atoms with E-state index in [4.69, 9.17) is 0 Å². The highest BCUT2D eigenvalue weighted by atomic mass is 16.1. The van der Waals surface area contributed by atoms with Gasteiger partial charge in [-0.25, -0.2) is 0 Å². The summed E-state index contributed by atoms with van der Waals surface area (Å²) in [6, 6.07) is 15.8. The molecule has 1 heterocycles. The van der Waals surface area contributed by atoms with Gasteiger partial charge in [-0.1, -0.05) is 36.4 Å². The van der Waals surface area contributed by atoms with E-state index in [1.807, 2.05) is 55.5 Å². The van der Waals surface area contributed by atoms with Crippen molar-refractivity contribution in [2.45, 2.75) is 20.4 Å². The van der Waals surface area contributed by atoms with E-state index in [1.165, 1.54) is 6.92 Å². The largest absolute Gasteiger partial charge is 0.364 e. The van der Waals surface area contributed by atoms with Crippen molar-refractivity contribution < 1.29 is 4.79 Å². The molecule has 0 unspecified atom stereocenters. The van der Waals surface area contributed by atoms with E-state index in [1.54, 1.807) is 0 Å². The van der Waals surface area contributed by atoms with Crippen LogP contribution in [0.1, 0.15) is 18.2 Å². The van der Waals surface area contributed by atoms with E-state index in [2.05, 4.69) is 20.8 Å². The molecular weight excluding hydrogens is 288 g/mol. The van der Waals surface area contributed by atoms with Crippen LogP contribution in [0.3, 0.4) is 0 Å². The maximum atomic E-state index is 11.0. The molecule has 2 aromatic carbocycles. The van der Waals surface area contributed by atoms with Crippen molar-refractivity contribution in [2.24, 2.45) is 0 Å². The number of nitrogens with one attached hydrogen (secondary N) is 2. The van der Waals surface area contributed by atoms with Crippen molar-refractivity contribution in [3.05, 3.63) is 59.8 Å². The zero-order chi connectivity index (χ0) is 16.2. The van der Waals surface area contributed by atoms with Crippen molar-refractivity contribution in [2.75, 3.05) is 10.6 Å². The summed E-state index contributed by atoms with van der Waals surface area (Å²) in [4.78, 5) is 11.0. The van der Waals surface area contributed by atoms with Gasteiger partial charge in [0.15, 0.2) is 5.82 Å². The van der Waals surface area contributed by atoms with E-state index < -0.39 is 0 Å². The van der Waals surface area contributed by atoms with Gasteiger partial charge in [-0.3, -0.25) is 4.79 Å². The lowest BCUT2D eigenvalue weighted by molar-refractivity contribution is -0.114. The third-order valence-corrected chi connectivity index (χ3v) is 3.61. The molecular formula is C18H18N4O. The van der Waals surface area contributed by atoms with Crippen LogP contribution in [0, 0.1) is 6.92 Å². The minimum absolute atomic E-state index is 0.0720. The fourth-order valence-corrected chi connectivity index (χ4v) is 2.46. The summed E-state index contributed by atoms with van der Waals surface area (Å²) in [6.45, 7) is 4.10. The molecule has 3 rings (SSSR count). The lowest BCUT2D eigenvalue weighted by Crippen LogP contribution is -2.06. The van der Waals surface area contributed by atoms with Crippen LogP contribution >= 0.6 is 0 Å². The number of anilines is 2. The summed E-state index contributed by atoms with van der Waals surface area (Å²) >= 11 is 0. The normalized spacial score (nSPS) is 10.5. The van der Waals surface area contributed by atoms with Crippen LogP contribution in [0.25, 0.3) is 10.8 Å². The average molecular weight is 306 g/mol. The Labute approximate surface area is 134 Å².